The molecule has 72 valence electrons. The van der Waals surface area contributed by atoms with Crippen molar-refractivity contribution in [2.45, 2.75) is 6.10 Å². The first-order chi connectivity index (χ1) is 6.77. The zero-order valence-electron chi connectivity index (χ0n) is 7.35. The third kappa shape index (κ3) is 1.89. The highest BCUT2D eigenvalue weighted by molar-refractivity contribution is 9.10. The second-order valence-electron chi connectivity index (χ2n) is 3.01. The predicted octanol–water partition coefficient (Wildman–Crippen LogP) is 3.12. The molecule has 0 aliphatic carbocycles. The van der Waals surface area contributed by atoms with E-state index in [9.17, 15) is 5.11 Å². The van der Waals surface area contributed by atoms with Crippen LogP contribution in [0.3, 0.4) is 0 Å². The zero-order valence-corrected chi connectivity index (χ0v) is 8.94. The first-order valence-electron chi connectivity index (χ1n) is 4.23. The Hall–Kier alpha value is -1.06. The minimum atomic E-state index is -0.619. The molecule has 0 aliphatic heterocycles. The van der Waals surface area contributed by atoms with Gasteiger partial charge in [0.25, 0.3) is 0 Å². The smallest absolute Gasteiger partial charge is 0.107 e. The van der Waals surface area contributed by atoms with Crippen LogP contribution in [0.2, 0.25) is 0 Å². The highest BCUT2D eigenvalue weighted by Crippen LogP contribution is 2.24. The van der Waals surface area contributed by atoms with E-state index in [2.05, 4.69) is 15.9 Å². The number of aliphatic hydroxyl groups is 1. The largest absolute Gasteiger partial charge is 0.472 e. The Morgan fingerprint density at radius 3 is 2.71 bits per heavy atom. The van der Waals surface area contributed by atoms with Crippen LogP contribution in [0.5, 0.6) is 0 Å². The van der Waals surface area contributed by atoms with Crippen molar-refractivity contribution in [1.29, 1.82) is 0 Å². The van der Waals surface area contributed by atoms with E-state index >= 15 is 0 Å². The van der Waals surface area contributed by atoms with Crippen molar-refractivity contribution in [1.82, 2.24) is 0 Å². The molecular formula is C11H9BrO2. The molecule has 1 heterocycles. The number of hydrogen-bond acceptors (Lipinski definition) is 2. The van der Waals surface area contributed by atoms with Crippen molar-refractivity contribution in [2.75, 3.05) is 0 Å². The predicted molar refractivity (Wildman–Crippen MR) is 56.9 cm³/mol. The van der Waals surface area contributed by atoms with Gasteiger partial charge in [-0.2, -0.15) is 0 Å². The van der Waals surface area contributed by atoms with Gasteiger partial charge in [-0.3, -0.25) is 0 Å². The summed E-state index contributed by atoms with van der Waals surface area (Å²) >= 11 is 3.36. The molecule has 2 nitrogen and oxygen atoms in total. The Morgan fingerprint density at radius 1 is 1.21 bits per heavy atom. The van der Waals surface area contributed by atoms with Gasteiger partial charge in [0.15, 0.2) is 0 Å². The Kier molecular flexibility index (Phi) is 2.70. The van der Waals surface area contributed by atoms with Gasteiger partial charge in [-0.25, -0.2) is 0 Å². The molecule has 0 saturated carbocycles. The average molecular weight is 253 g/mol. The third-order valence-electron chi connectivity index (χ3n) is 2.02. The van der Waals surface area contributed by atoms with E-state index in [4.69, 9.17) is 4.42 Å². The van der Waals surface area contributed by atoms with Gasteiger partial charge in [0.1, 0.15) is 6.10 Å². The fraction of sp³-hybridized carbons (Fsp3) is 0.0909. The maximum absolute atomic E-state index is 9.92. The maximum Gasteiger partial charge on any atom is 0.107 e. The lowest BCUT2D eigenvalue weighted by molar-refractivity contribution is 0.219. The summed E-state index contributed by atoms with van der Waals surface area (Å²) in [5.41, 5.74) is 1.61. The SMILES string of the molecule is OC(c1ccoc1)c1cccc(Br)c1. The Labute approximate surface area is 90.3 Å². The van der Waals surface area contributed by atoms with Crippen LogP contribution < -0.4 is 0 Å². The van der Waals surface area contributed by atoms with E-state index in [0.29, 0.717) is 0 Å². The van der Waals surface area contributed by atoms with Crippen LogP contribution in [0.25, 0.3) is 0 Å². The van der Waals surface area contributed by atoms with Crippen LogP contribution in [-0.4, -0.2) is 5.11 Å². The van der Waals surface area contributed by atoms with Crippen molar-refractivity contribution in [3.8, 4) is 0 Å². The molecule has 1 aromatic heterocycles. The van der Waals surface area contributed by atoms with Crippen LogP contribution >= 0.6 is 15.9 Å². The number of benzene rings is 1. The minimum Gasteiger partial charge on any atom is -0.472 e. The van der Waals surface area contributed by atoms with Gasteiger partial charge in [-0.15, -0.1) is 0 Å². The molecule has 0 amide bonds. The van der Waals surface area contributed by atoms with Crippen molar-refractivity contribution in [3.05, 3.63) is 58.5 Å². The van der Waals surface area contributed by atoms with Gasteiger partial charge >= 0.3 is 0 Å². The third-order valence-corrected chi connectivity index (χ3v) is 2.52. The summed E-state index contributed by atoms with van der Waals surface area (Å²) in [6.45, 7) is 0. The van der Waals surface area contributed by atoms with E-state index in [-0.39, 0.29) is 0 Å². The van der Waals surface area contributed by atoms with Crippen LogP contribution in [-0.2, 0) is 0 Å². The summed E-state index contributed by atoms with van der Waals surface area (Å²) in [5.74, 6) is 0. The summed E-state index contributed by atoms with van der Waals surface area (Å²) in [6.07, 6.45) is 2.48. The Morgan fingerprint density at radius 2 is 2.07 bits per heavy atom. The minimum absolute atomic E-state index is 0.619. The first-order valence-corrected chi connectivity index (χ1v) is 5.02. The summed E-state index contributed by atoms with van der Waals surface area (Å²) in [5, 5.41) is 9.92. The van der Waals surface area contributed by atoms with Crippen molar-refractivity contribution >= 4 is 15.9 Å². The fourth-order valence-electron chi connectivity index (χ4n) is 1.30. The molecule has 0 bridgehead atoms. The van der Waals surface area contributed by atoms with E-state index in [1.807, 2.05) is 24.3 Å². The van der Waals surface area contributed by atoms with Crippen molar-refractivity contribution < 1.29 is 9.52 Å². The molecule has 2 rings (SSSR count). The molecule has 2 aromatic rings. The molecule has 1 unspecified atom stereocenters. The lowest BCUT2D eigenvalue weighted by Gasteiger charge is -2.08. The number of rotatable bonds is 2. The molecule has 1 atom stereocenters. The summed E-state index contributed by atoms with van der Waals surface area (Å²) in [6, 6.07) is 9.33. The molecular weight excluding hydrogens is 244 g/mol. The summed E-state index contributed by atoms with van der Waals surface area (Å²) in [4.78, 5) is 0. The van der Waals surface area contributed by atoms with E-state index < -0.39 is 6.10 Å². The van der Waals surface area contributed by atoms with Crippen molar-refractivity contribution in [2.24, 2.45) is 0 Å². The topological polar surface area (TPSA) is 33.4 Å². The number of aliphatic hydroxyl groups excluding tert-OH is 1. The van der Waals surface area contributed by atoms with E-state index in [1.54, 1.807) is 18.6 Å². The summed E-state index contributed by atoms with van der Waals surface area (Å²) < 4.78 is 5.87. The molecule has 14 heavy (non-hydrogen) atoms. The van der Waals surface area contributed by atoms with Gasteiger partial charge in [-0.05, 0) is 23.8 Å². The van der Waals surface area contributed by atoms with Gasteiger partial charge < -0.3 is 9.52 Å². The lowest BCUT2D eigenvalue weighted by atomic mass is 10.0. The molecule has 1 aromatic carbocycles. The monoisotopic (exact) mass is 252 g/mol. The molecule has 0 aliphatic rings. The molecule has 3 heteroatoms. The zero-order chi connectivity index (χ0) is 9.97. The maximum atomic E-state index is 9.92. The molecule has 0 spiro atoms. The molecule has 0 fully saturated rings. The lowest BCUT2D eigenvalue weighted by Crippen LogP contribution is -1.97. The van der Waals surface area contributed by atoms with Gasteiger partial charge in [0.2, 0.25) is 0 Å². The fourth-order valence-corrected chi connectivity index (χ4v) is 1.72. The molecule has 0 radical (unpaired) electrons. The Balaban J connectivity index is 2.32. The Bertz CT molecular complexity index is 409. The summed E-state index contributed by atoms with van der Waals surface area (Å²) in [7, 11) is 0. The van der Waals surface area contributed by atoms with E-state index in [1.165, 1.54) is 0 Å². The van der Waals surface area contributed by atoms with Crippen molar-refractivity contribution in [3.63, 3.8) is 0 Å². The quantitative estimate of drug-likeness (QED) is 0.891. The highest BCUT2D eigenvalue weighted by Gasteiger charge is 2.11. The second-order valence-corrected chi connectivity index (χ2v) is 3.93. The normalized spacial score (nSPS) is 12.7. The average Bonchev–Trinajstić information content (AvgIpc) is 2.69. The van der Waals surface area contributed by atoms with Gasteiger partial charge in [-0.1, -0.05) is 28.1 Å². The highest BCUT2D eigenvalue weighted by atomic mass is 79.9. The van der Waals surface area contributed by atoms with Gasteiger partial charge in [0, 0.05) is 10.0 Å². The van der Waals surface area contributed by atoms with Crippen LogP contribution in [0, 0.1) is 0 Å². The standard InChI is InChI=1S/C11H9BrO2/c12-10-3-1-2-8(6-10)11(13)9-4-5-14-7-9/h1-7,11,13H. The molecule has 1 N–H and O–H groups in total. The van der Waals surface area contributed by atoms with Crippen LogP contribution in [0.1, 0.15) is 17.2 Å². The second kappa shape index (κ2) is 3.98. The number of hydrogen-bond donors (Lipinski definition) is 1. The number of halogens is 1. The first kappa shape index (κ1) is 9.49. The molecule has 0 saturated heterocycles. The van der Waals surface area contributed by atoms with Gasteiger partial charge in [0.05, 0.1) is 12.5 Å². The van der Waals surface area contributed by atoms with Crippen LogP contribution in [0.4, 0.5) is 0 Å². The van der Waals surface area contributed by atoms with E-state index in [0.717, 1.165) is 15.6 Å². The number of furan rings is 1. The van der Waals surface area contributed by atoms with Crippen LogP contribution in [0.15, 0.2) is 51.7 Å².